The second-order valence-corrected chi connectivity index (χ2v) is 4.39. The zero-order valence-electron chi connectivity index (χ0n) is 12.3. The molecular weight excluding hydrogens is 258 g/mol. The predicted molar refractivity (Wildman–Crippen MR) is 77.4 cm³/mol. The van der Waals surface area contributed by atoms with Crippen LogP contribution >= 0.6 is 0 Å². The summed E-state index contributed by atoms with van der Waals surface area (Å²) in [5.74, 6) is 0.984. The maximum atomic E-state index is 12.2. The maximum Gasteiger partial charge on any atom is 0.251 e. The quantitative estimate of drug-likeness (QED) is 0.764. The van der Waals surface area contributed by atoms with Crippen molar-refractivity contribution in [2.24, 2.45) is 0 Å². The van der Waals surface area contributed by atoms with Crippen LogP contribution in [0.25, 0.3) is 0 Å². The highest BCUT2D eigenvalue weighted by atomic mass is 16.5. The van der Waals surface area contributed by atoms with Crippen molar-refractivity contribution in [2.45, 2.75) is 32.7 Å². The summed E-state index contributed by atoms with van der Waals surface area (Å²) >= 11 is 0. The molecule has 1 unspecified atom stereocenters. The van der Waals surface area contributed by atoms with E-state index in [2.05, 4.69) is 5.32 Å². The van der Waals surface area contributed by atoms with Gasteiger partial charge in [0, 0.05) is 18.2 Å². The molecule has 0 aromatic heterocycles. The summed E-state index contributed by atoms with van der Waals surface area (Å²) in [7, 11) is 1.56. The number of carbonyl (C=O) groups is 1. The average molecular weight is 281 g/mol. The van der Waals surface area contributed by atoms with Gasteiger partial charge >= 0.3 is 0 Å². The maximum absolute atomic E-state index is 12.2. The van der Waals surface area contributed by atoms with E-state index >= 15 is 0 Å². The lowest BCUT2D eigenvalue weighted by molar-refractivity contribution is 0.0928. The van der Waals surface area contributed by atoms with Gasteiger partial charge in [0.05, 0.1) is 13.7 Å². The number of aliphatic hydroxyl groups excluding tert-OH is 1. The number of amides is 1. The Kier molecular flexibility index (Phi) is 6.87. The number of ether oxygens (including phenoxy) is 2. The summed E-state index contributed by atoms with van der Waals surface area (Å²) in [4.78, 5) is 12.2. The number of aliphatic hydroxyl groups is 1. The monoisotopic (exact) mass is 281 g/mol. The first-order valence-electron chi connectivity index (χ1n) is 6.88. The van der Waals surface area contributed by atoms with Crippen LogP contribution in [0, 0.1) is 0 Å². The van der Waals surface area contributed by atoms with Gasteiger partial charge in [-0.1, -0.05) is 6.92 Å². The van der Waals surface area contributed by atoms with Crippen molar-refractivity contribution in [3.63, 3.8) is 0 Å². The van der Waals surface area contributed by atoms with E-state index in [-0.39, 0.29) is 18.6 Å². The van der Waals surface area contributed by atoms with Crippen LogP contribution in [0.3, 0.4) is 0 Å². The van der Waals surface area contributed by atoms with Crippen LogP contribution in [0.4, 0.5) is 0 Å². The molecule has 1 aromatic rings. The van der Waals surface area contributed by atoms with Crippen molar-refractivity contribution >= 4 is 5.91 Å². The summed E-state index contributed by atoms with van der Waals surface area (Å²) in [6.07, 6.45) is 1.33. The summed E-state index contributed by atoms with van der Waals surface area (Å²) in [6, 6.07) is 5.06. The van der Waals surface area contributed by atoms with Crippen molar-refractivity contribution in [1.29, 1.82) is 0 Å². The van der Waals surface area contributed by atoms with Gasteiger partial charge in [0.2, 0.25) is 0 Å². The molecule has 1 rings (SSSR count). The van der Waals surface area contributed by atoms with Crippen LogP contribution in [-0.2, 0) is 0 Å². The molecule has 1 amide bonds. The van der Waals surface area contributed by atoms with Gasteiger partial charge in [-0.2, -0.15) is 0 Å². The van der Waals surface area contributed by atoms with E-state index in [1.807, 2.05) is 13.8 Å². The van der Waals surface area contributed by atoms with E-state index in [1.54, 1.807) is 25.3 Å². The Morgan fingerprint density at radius 1 is 1.35 bits per heavy atom. The molecule has 0 aliphatic rings. The molecule has 0 fully saturated rings. The van der Waals surface area contributed by atoms with E-state index in [0.717, 1.165) is 6.42 Å². The van der Waals surface area contributed by atoms with E-state index < -0.39 is 0 Å². The molecule has 1 aromatic carbocycles. The Morgan fingerprint density at radius 3 is 2.65 bits per heavy atom. The zero-order valence-corrected chi connectivity index (χ0v) is 12.3. The third-order valence-electron chi connectivity index (χ3n) is 3.03. The number of hydrogen-bond acceptors (Lipinski definition) is 4. The highest BCUT2D eigenvalue weighted by Gasteiger charge is 2.14. The van der Waals surface area contributed by atoms with Crippen molar-refractivity contribution in [3.05, 3.63) is 23.8 Å². The molecule has 0 radical (unpaired) electrons. The second-order valence-electron chi connectivity index (χ2n) is 4.39. The van der Waals surface area contributed by atoms with E-state index in [1.165, 1.54) is 0 Å². The van der Waals surface area contributed by atoms with Gasteiger partial charge in [-0.3, -0.25) is 4.79 Å². The molecule has 5 nitrogen and oxygen atoms in total. The van der Waals surface area contributed by atoms with Crippen LogP contribution < -0.4 is 14.8 Å². The fourth-order valence-corrected chi connectivity index (χ4v) is 1.89. The lowest BCUT2D eigenvalue weighted by Gasteiger charge is -2.16. The molecule has 2 N–H and O–H groups in total. The van der Waals surface area contributed by atoms with Gasteiger partial charge in [0.15, 0.2) is 11.5 Å². The first kappa shape index (κ1) is 16.3. The van der Waals surface area contributed by atoms with Crippen molar-refractivity contribution in [3.8, 4) is 11.5 Å². The molecule has 0 aliphatic carbocycles. The first-order valence-corrected chi connectivity index (χ1v) is 6.88. The van der Waals surface area contributed by atoms with Crippen LogP contribution in [0.2, 0.25) is 0 Å². The van der Waals surface area contributed by atoms with E-state index in [9.17, 15) is 4.79 Å². The number of benzene rings is 1. The van der Waals surface area contributed by atoms with Crippen molar-refractivity contribution < 1.29 is 19.4 Å². The number of hydrogen-bond donors (Lipinski definition) is 2. The summed E-state index contributed by atoms with van der Waals surface area (Å²) in [5, 5.41) is 11.8. The van der Waals surface area contributed by atoms with Gasteiger partial charge < -0.3 is 19.9 Å². The Morgan fingerprint density at radius 2 is 2.10 bits per heavy atom. The summed E-state index contributed by atoms with van der Waals surface area (Å²) < 4.78 is 10.6. The Bertz CT molecular complexity index is 434. The van der Waals surface area contributed by atoms with Gasteiger partial charge in [0.25, 0.3) is 5.91 Å². The third-order valence-corrected chi connectivity index (χ3v) is 3.03. The van der Waals surface area contributed by atoms with Crippen LogP contribution in [0.15, 0.2) is 18.2 Å². The van der Waals surface area contributed by atoms with E-state index in [0.29, 0.717) is 30.1 Å². The zero-order chi connectivity index (χ0) is 15.0. The molecule has 1 atom stereocenters. The lowest BCUT2D eigenvalue weighted by atomic mass is 10.1. The number of carbonyl (C=O) groups excluding carboxylic acids is 1. The van der Waals surface area contributed by atoms with Gasteiger partial charge in [-0.25, -0.2) is 0 Å². The fourth-order valence-electron chi connectivity index (χ4n) is 1.89. The molecule has 20 heavy (non-hydrogen) atoms. The molecule has 0 bridgehead atoms. The first-order chi connectivity index (χ1) is 9.65. The Hall–Kier alpha value is -1.75. The van der Waals surface area contributed by atoms with Crippen molar-refractivity contribution in [2.75, 3.05) is 20.3 Å². The number of nitrogens with one attached hydrogen (secondary N) is 1. The molecule has 112 valence electrons. The fraction of sp³-hybridized carbons (Fsp3) is 0.533. The largest absolute Gasteiger partial charge is 0.493 e. The molecule has 0 aliphatic heterocycles. The minimum atomic E-state index is -0.172. The normalized spacial score (nSPS) is 11.8. The lowest BCUT2D eigenvalue weighted by Crippen LogP contribution is -2.35. The van der Waals surface area contributed by atoms with Gasteiger partial charge in [-0.05, 0) is 38.0 Å². The van der Waals surface area contributed by atoms with Crippen LogP contribution in [-0.4, -0.2) is 37.4 Å². The smallest absolute Gasteiger partial charge is 0.251 e. The van der Waals surface area contributed by atoms with Crippen LogP contribution in [0.1, 0.15) is 37.0 Å². The third kappa shape index (κ3) is 4.42. The summed E-state index contributed by atoms with van der Waals surface area (Å²) in [6.45, 7) is 4.41. The highest BCUT2D eigenvalue weighted by Crippen LogP contribution is 2.28. The van der Waals surface area contributed by atoms with Crippen LogP contribution in [0.5, 0.6) is 11.5 Å². The topological polar surface area (TPSA) is 67.8 Å². The molecule has 0 heterocycles. The van der Waals surface area contributed by atoms with E-state index in [4.69, 9.17) is 14.6 Å². The molecule has 5 heteroatoms. The SMILES string of the molecule is CCOc1cc(C(=O)NC(CC)CCO)ccc1OC. The molecule has 0 saturated heterocycles. The number of rotatable bonds is 8. The Labute approximate surface area is 119 Å². The second kappa shape index (κ2) is 8.43. The Balaban J connectivity index is 2.84. The number of methoxy groups -OCH3 is 1. The van der Waals surface area contributed by atoms with Gasteiger partial charge in [-0.15, -0.1) is 0 Å². The minimum Gasteiger partial charge on any atom is -0.493 e. The molecule has 0 saturated carbocycles. The average Bonchev–Trinajstić information content (AvgIpc) is 2.46. The predicted octanol–water partition coefficient (Wildman–Crippen LogP) is 1.98. The standard InChI is InChI=1S/C15H23NO4/c1-4-12(8-9-17)16-15(18)11-6-7-13(19-3)14(10-11)20-5-2/h6-7,10,12,17H,4-5,8-9H2,1-3H3,(H,16,18). The minimum absolute atomic E-state index is 0.0230. The van der Waals surface area contributed by atoms with Crippen molar-refractivity contribution in [1.82, 2.24) is 5.32 Å². The van der Waals surface area contributed by atoms with Gasteiger partial charge in [0.1, 0.15) is 0 Å². The molecular formula is C15H23NO4. The highest BCUT2D eigenvalue weighted by molar-refractivity contribution is 5.95. The summed E-state index contributed by atoms with van der Waals surface area (Å²) in [5.41, 5.74) is 0.519. The molecule has 0 spiro atoms.